The molecule has 158 valence electrons. The molecular weight excluding hydrogens is 391 g/mol. The van der Waals surface area contributed by atoms with Gasteiger partial charge < -0.3 is 15.7 Å². The molecule has 0 radical (unpaired) electrons. The van der Waals surface area contributed by atoms with E-state index in [1.54, 1.807) is 6.92 Å². The average molecular weight is 414 g/mol. The van der Waals surface area contributed by atoms with Crippen molar-refractivity contribution < 1.29 is 14.3 Å². The van der Waals surface area contributed by atoms with Gasteiger partial charge in [-0.1, -0.05) is 18.1 Å². The average Bonchev–Trinajstić information content (AvgIpc) is 2.70. The monoisotopic (exact) mass is 414 g/mol. The Balaban J connectivity index is 2.12. The standard InChI is InChI=1S/C21H23FN4O4/c1-2-3-10-25-17(24-9-5-7-15(23)13-24)11-18(27)26(21(25)30)12-14-6-4-8-16(22)19(14)20(28)29/h4,6,8,11,15H,5,7,9-10,12-13,23H2,1H3,(H,28,29)/t15-/m1/s1. The number of anilines is 1. The number of hydrogen-bond donors (Lipinski definition) is 2. The maximum Gasteiger partial charge on any atom is 0.339 e. The van der Waals surface area contributed by atoms with Crippen LogP contribution in [0.4, 0.5) is 10.2 Å². The Morgan fingerprint density at radius 3 is 2.77 bits per heavy atom. The number of piperidine rings is 1. The van der Waals surface area contributed by atoms with Crippen molar-refractivity contribution in [3.05, 3.63) is 62.0 Å². The van der Waals surface area contributed by atoms with Crippen LogP contribution in [0.3, 0.4) is 0 Å². The Morgan fingerprint density at radius 1 is 1.33 bits per heavy atom. The second-order valence-electron chi connectivity index (χ2n) is 7.15. The van der Waals surface area contributed by atoms with E-state index >= 15 is 0 Å². The Labute approximate surface area is 172 Å². The Kier molecular flexibility index (Phi) is 6.37. The number of hydrogen-bond acceptors (Lipinski definition) is 5. The van der Waals surface area contributed by atoms with E-state index < -0.39 is 28.6 Å². The number of aromatic nitrogens is 2. The molecule has 30 heavy (non-hydrogen) atoms. The number of carboxylic acids is 1. The maximum absolute atomic E-state index is 14.0. The summed E-state index contributed by atoms with van der Waals surface area (Å²) in [6, 6.07) is 5.01. The molecule has 2 heterocycles. The van der Waals surface area contributed by atoms with Crippen LogP contribution in [-0.2, 0) is 13.1 Å². The highest BCUT2D eigenvalue weighted by Crippen LogP contribution is 2.18. The van der Waals surface area contributed by atoms with Crippen LogP contribution in [0.2, 0.25) is 0 Å². The third kappa shape index (κ3) is 4.28. The molecule has 1 aliphatic rings. The zero-order valence-corrected chi connectivity index (χ0v) is 16.6. The molecule has 0 unspecified atom stereocenters. The van der Waals surface area contributed by atoms with Crippen molar-refractivity contribution in [3.8, 4) is 11.8 Å². The van der Waals surface area contributed by atoms with E-state index in [2.05, 4.69) is 11.8 Å². The number of halogens is 1. The molecule has 1 atom stereocenters. The number of carbonyl (C=O) groups is 1. The van der Waals surface area contributed by atoms with Crippen LogP contribution >= 0.6 is 0 Å². The fourth-order valence-electron chi connectivity index (χ4n) is 3.65. The van der Waals surface area contributed by atoms with E-state index in [1.807, 2.05) is 4.90 Å². The lowest BCUT2D eigenvalue weighted by Gasteiger charge is -2.33. The second kappa shape index (κ2) is 8.97. The Bertz CT molecular complexity index is 1140. The van der Waals surface area contributed by atoms with Gasteiger partial charge in [-0.3, -0.25) is 13.9 Å². The summed E-state index contributed by atoms with van der Waals surface area (Å²) in [7, 11) is 0. The Hall–Kier alpha value is -3.38. The fourth-order valence-corrected chi connectivity index (χ4v) is 3.65. The molecule has 1 aliphatic heterocycles. The van der Waals surface area contributed by atoms with Crippen LogP contribution in [-0.4, -0.2) is 39.3 Å². The third-order valence-electron chi connectivity index (χ3n) is 5.09. The van der Waals surface area contributed by atoms with Crippen molar-refractivity contribution in [1.82, 2.24) is 9.13 Å². The summed E-state index contributed by atoms with van der Waals surface area (Å²) >= 11 is 0. The summed E-state index contributed by atoms with van der Waals surface area (Å²) in [6.45, 7) is 2.50. The van der Waals surface area contributed by atoms with E-state index in [4.69, 9.17) is 5.73 Å². The quantitative estimate of drug-likeness (QED) is 0.702. The summed E-state index contributed by atoms with van der Waals surface area (Å²) in [5.74, 6) is 3.60. The van der Waals surface area contributed by atoms with Crippen LogP contribution in [0.25, 0.3) is 0 Å². The number of carboxylic acid groups (broad SMARTS) is 1. The molecule has 0 bridgehead atoms. The van der Waals surface area contributed by atoms with E-state index in [0.29, 0.717) is 18.9 Å². The first kappa shape index (κ1) is 21.3. The van der Waals surface area contributed by atoms with Crippen molar-refractivity contribution in [3.63, 3.8) is 0 Å². The molecule has 0 aliphatic carbocycles. The lowest BCUT2D eigenvalue weighted by molar-refractivity contribution is 0.0690. The van der Waals surface area contributed by atoms with Gasteiger partial charge >= 0.3 is 11.7 Å². The zero-order chi connectivity index (χ0) is 21.8. The molecule has 9 heteroatoms. The molecule has 1 saturated heterocycles. The highest BCUT2D eigenvalue weighted by atomic mass is 19.1. The Morgan fingerprint density at radius 2 is 2.10 bits per heavy atom. The number of rotatable bonds is 5. The van der Waals surface area contributed by atoms with Crippen LogP contribution in [0.15, 0.2) is 33.9 Å². The van der Waals surface area contributed by atoms with E-state index in [-0.39, 0.29) is 24.7 Å². The first-order valence-electron chi connectivity index (χ1n) is 9.59. The molecule has 0 spiro atoms. The minimum Gasteiger partial charge on any atom is -0.478 e. The molecule has 1 fully saturated rings. The fraction of sp³-hybridized carbons (Fsp3) is 0.381. The maximum atomic E-state index is 14.0. The van der Waals surface area contributed by atoms with Crippen molar-refractivity contribution in [2.45, 2.75) is 38.9 Å². The lowest BCUT2D eigenvalue weighted by atomic mass is 10.1. The van der Waals surface area contributed by atoms with Gasteiger partial charge in [-0.15, -0.1) is 5.92 Å². The van der Waals surface area contributed by atoms with Crippen molar-refractivity contribution in [2.75, 3.05) is 18.0 Å². The van der Waals surface area contributed by atoms with E-state index in [0.717, 1.165) is 23.5 Å². The van der Waals surface area contributed by atoms with Crippen molar-refractivity contribution in [2.24, 2.45) is 5.73 Å². The van der Waals surface area contributed by atoms with Crippen molar-refractivity contribution in [1.29, 1.82) is 0 Å². The first-order valence-corrected chi connectivity index (χ1v) is 9.59. The van der Waals surface area contributed by atoms with Gasteiger partial charge in [0.2, 0.25) is 0 Å². The van der Waals surface area contributed by atoms with Gasteiger partial charge in [-0.25, -0.2) is 14.0 Å². The molecule has 0 amide bonds. The zero-order valence-electron chi connectivity index (χ0n) is 16.6. The molecule has 8 nitrogen and oxygen atoms in total. The van der Waals surface area contributed by atoms with Gasteiger partial charge in [0.25, 0.3) is 5.56 Å². The molecule has 1 aromatic carbocycles. The van der Waals surface area contributed by atoms with Crippen LogP contribution in [0, 0.1) is 17.7 Å². The highest BCUT2D eigenvalue weighted by Gasteiger charge is 2.23. The predicted octanol–water partition coefficient (Wildman–Crippen LogP) is 0.846. The van der Waals surface area contributed by atoms with Gasteiger partial charge in [0.15, 0.2) is 0 Å². The first-order chi connectivity index (χ1) is 14.3. The molecule has 0 saturated carbocycles. The summed E-state index contributed by atoms with van der Waals surface area (Å²) in [5.41, 5.74) is 4.28. The predicted molar refractivity (Wildman–Crippen MR) is 110 cm³/mol. The molecular formula is C21H23FN4O4. The van der Waals surface area contributed by atoms with Crippen LogP contribution < -0.4 is 21.9 Å². The SMILES string of the molecule is CC#CCn1c(N2CCC[C@@H](N)C2)cc(=O)n(Cc2cccc(F)c2C(=O)O)c1=O. The van der Waals surface area contributed by atoms with E-state index in [1.165, 1.54) is 22.8 Å². The van der Waals surface area contributed by atoms with Gasteiger partial charge in [0, 0.05) is 25.2 Å². The minimum atomic E-state index is -1.47. The normalized spacial score (nSPS) is 16.1. The topological polar surface area (TPSA) is 111 Å². The van der Waals surface area contributed by atoms with Crippen LogP contribution in [0.5, 0.6) is 0 Å². The summed E-state index contributed by atoms with van der Waals surface area (Å²) in [4.78, 5) is 39.3. The number of aromatic carboxylic acids is 1. The molecule has 2 aromatic rings. The van der Waals surface area contributed by atoms with Gasteiger partial charge in [0.05, 0.1) is 13.1 Å². The third-order valence-corrected chi connectivity index (χ3v) is 5.09. The van der Waals surface area contributed by atoms with E-state index in [9.17, 15) is 23.9 Å². The van der Waals surface area contributed by atoms with Gasteiger partial charge in [0.1, 0.15) is 17.2 Å². The summed E-state index contributed by atoms with van der Waals surface area (Å²) < 4.78 is 16.3. The van der Waals surface area contributed by atoms with Crippen molar-refractivity contribution >= 4 is 11.8 Å². The minimum absolute atomic E-state index is 0.0302. The molecule has 3 N–H and O–H groups in total. The number of nitrogens with zero attached hydrogens (tertiary/aromatic N) is 3. The molecule has 3 rings (SSSR count). The highest BCUT2D eigenvalue weighted by molar-refractivity contribution is 5.89. The number of nitrogens with two attached hydrogens (primary N) is 1. The molecule has 1 aromatic heterocycles. The summed E-state index contributed by atoms with van der Waals surface area (Å²) in [5, 5.41) is 9.33. The van der Waals surface area contributed by atoms with Crippen LogP contribution in [0.1, 0.15) is 35.7 Å². The largest absolute Gasteiger partial charge is 0.478 e. The smallest absolute Gasteiger partial charge is 0.339 e. The summed E-state index contributed by atoms with van der Waals surface area (Å²) in [6.07, 6.45) is 1.70. The lowest BCUT2D eigenvalue weighted by Crippen LogP contribution is -2.48. The second-order valence-corrected chi connectivity index (χ2v) is 7.15. The number of benzene rings is 1. The van der Waals surface area contributed by atoms with Gasteiger partial charge in [-0.05, 0) is 31.4 Å². The van der Waals surface area contributed by atoms with Gasteiger partial charge in [-0.2, -0.15) is 0 Å².